The minimum Gasteiger partial charge on any atom is -0.493 e. The molecule has 0 radical (unpaired) electrons. The quantitative estimate of drug-likeness (QED) is 0.485. The molecule has 4 rings (SSSR count). The monoisotopic (exact) mass is 467 g/mol. The Bertz CT molecular complexity index is 1140. The Kier molecular flexibility index (Phi) is 7.32. The van der Waals surface area contributed by atoms with Gasteiger partial charge in [0.1, 0.15) is 6.10 Å². The fraction of sp³-hybridized carbons (Fsp3) is 0.400. The summed E-state index contributed by atoms with van der Waals surface area (Å²) < 4.78 is 28.2. The maximum absolute atomic E-state index is 11.9. The van der Waals surface area contributed by atoms with E-state index in [2.05, 4.69) is 10.3 Å². The van der Waals surface area contributed by atoms with E-state index < -0.39 is 0 Å². The smallest absolute Gasteiger partial charge is 0.223 e. The average Bonchev–Trinajstić information content (AvgIpc) is 3.31. The lowest BCUT2D eigenvalue weighted by Gasteiger charge is -2.24. The molecule has 1 saturated heterocycles. The van der Waals surface area contributed by atoms with Crippen molar-refractivity contribution in [2.24, 2.45) is 5.92 Å². The van der Waals surface area contributed by atoms with Crippen LogP contribution in [0.15, 0.2) is 36.5 Å². The van der Waals surface area contributed by atoms with Crippen LogP contribution in [0.3, 0.4) is 0 Å². The number of rotatable bonds is 10. The summed E-state index contributed by atoms with van der Waals surface area (Å²) in [6, 6.07) is 9.35. The zero-order valence-corrected chi connectivity index (χ0v) is 19.8. The molecule has 0 bridgehead atoms. The maximum atomic E-state index is 11.9. The third kappa shape index (κ3) is 4.84. The number of hydrogen-bond acceptors (Lipinski definition) is 8. The van der Waals surface area contributed by atoms with Gasteiger partial charge in [-0.15, -0.1) is 0 Å². The normalized spacial score (nSPS) is 16.2. The second kappa shape index (κ2) is 10.6. The molecule has 1 aliphatic rings. The van der Waals surface area contributed by atoms with Gasteiger partial charge in [0.05, 0.1) is 37.9 Å². The van der Waals surface area contributed by atoms with Gasteiger partial charge in [-0.3, -0.25) is 9.78 Å². The van der Waals surface area contributed by atoms with E-state index >= 15 is 0 Å². The molecule has 180 valence electrons. The predicted molar refractivity (Wildman–Crippen MR) is 127 cm³/mol. The highest BCUT2D eigenvalue weighted by molar-refractivity contribution is 5.87. The highest BCUT2D eigenvalue weighted by Crippen LogP contribution is 2.42. The lowest BCUT2D eigenvalue weighted by Crippen LogP contribution is -2.30. The van der Waals surface area contributed by atoms with Crippen LogP contribution >= 0.6 is 0 Å². The van der Waals surface area contributed by atoms with Gasteiger partial charge in [0.25, 0.3) is 0 Å². The molecule has 1 fully saturated rings. The Morgan fingerprint density at radius 1 is 1.09 bits per heavy atom. The van der Waals surface area contributed by atoms with Crippen molar-refractivity contribution in [3.63, 3.8) is 0 Å². The van der Waals surface area contributed by atoms with Crippen LogP contribution in [0.2, 0.25) is 0 Å². The molecule has 9 nitrogen and oxygen atoms in total. The number of pyridine rings is 2. The van der Waals surface area contributed by atoms with Crippen LogP contribution < -0.4 is 24.3 Å². The van der Waals surface area contributed by atoms with E-state index in [9.17, 15) is 4.79 Å². The molecule has 1 amide bonds. The summed E-state index contributed by atoms with van der Waals surface area (Å²) in [5.41, 5.74) is 2.15. The van der Waals surface area contributed by atoms with E-state index in [1.807, 2.05) is 30.3 Å². The van der Waals surface area contributed by atoms with Crippen LogP contribution in [-0.2, 0) is 9.53 Å². The summed E-state index contributed by atoms with van der Waals surface area (Å²) in [4.78, 5) is 21.2. The molecule has 0 aliphatic carbocycles. The zero-order chi connectivity index (χ0) is 24.1. The van der Waals surface area contributed by atoms with Crippen LogP contribution in [0.1, 0.15) is 12.8 Å². The van der Waals surface area contributed by atoms with Crippen LogP contribution in [0.5, 0.6) is 23.1 Å². The Morgan fingerprint density at radius 3 is 2.47 bits per heavy atom. The summed E-state index contributed by atoms with van der Waals surface area (Å²) in [5, 5.41) is 3.68. The fourth-order valence-electron chi connectivity index (χ4n) is 4.17. The number of nitrogens with zero attached hydrogens (tertiary/aromatic N) is 2. The zero-order valence-electron chi connectivity index (χ0n) is 19.8. The number of ether oxygens (including phenoxy) is 5. The van der Waals surface area contributed by atoms with Crippen LogP contribution in [0.25, 0.3) is 22.2 Å². The third-order valence-electron chi connectivity index (χ3n) is 5.93. The van der Waals surface area contributed by atoms with Crippen LogP contribution in [0.4, 0.5) is 0 Å². The Labute approximate surface area is 198 Å². The number of amides is 1. The molecule has 2 aromatic heterocycles. The van der Waals surface area contributed by atoms with Crippen molar-refractivity contribution in [3.8, 4) is 34.4 Å². The van der Waals surface area contributed by atoms with Crippen molar-refractivity contribution in [1.82, 2.24) is 15.3 Å². The van der Waals surface area contributed by atoms with Gasteiger partial charge in [0, 0.05) is 50.8 Å². The van der Waals surface area contributed by atoms with Crippen molar-refractivity contribution < 1.29 is 28.5 Å². The minimum atomic E-state index is -0.245. The van der Waals surface area contributed by atoms with Crippen LogP contribution in [-0.4, -0.2) is 63.6 Å². The topological polar surface area (TPSA) is 101 Å². The number of carbonyl (C=O) groups excluding carboxylic acids is 1. The number of carbonyl (C=O) groups is 1. The molecule has 1 aliphatic heterocycles. The second-order valence-corrected chi connectivity index (χ2v) is 8.00. The number of hydrogen-bond donors (Lipinski definition) is 1. The van der Waals surface area contributed by atoms with Gasteiger partial charge in [0.15, 0.2) is 11.5 Å². The molecule has 9 heteroatoms. The van der Waals surface area contributed by atoms with E-state index in [0.717, 1.165) is 16.5 Å². The maximum Gasteiger partial charge on any atom is 0.223 e. The Morgan fingerprint density at radius 2 is 1.85 bits per heavy atom. The lowest BCUT2D eigenvalue weighted by molar-refractivity contribution is -0.119. The molecule has 3 heterocycles. The summed E-state index contributed by atoms with van der Waals surface area (Å²) >= 11 is 0. The van der Waals surface area contributed by atoms with E-state index in [-0.39, 0.29) is 17.9 Å². The predicted octanol–water partition coefficient (Wildman–Crippen LogP) is 3.24. The summed E-state index contributed by atoms with van der Waals surface area (Å²) in [7, 11) is 6.36. The molecule has 0 saturated carbocycles. The molecule has 0 unspecified atom stereocenters. The first-order chi connectivity index (χ1) is 16.6. The third-order valence-corrected chi connectivity index (χ3v) is 5.93. The lowest BCUT2D eigenvalue weighted by atomic mass is 9.99. The van der Waals surface area contributed by atoms with Crippen LogP contribution in [0, 0.1) is 5.92 Å². The van der Waals surface area contributed by atoms with Crippen molar-refractivity contribution in [3.05, 3.63) is 36.5 Å². The highest BCUT2D eigenvalue weighted by atomic mass is 16.5. The van der Waals surface area contributed by atoms with Gasteiger partial charge < -0.3 is 29.0 Å². The molecular formula is C25H29N3O6. The largest absolute Gasteiger partial charge is 0.493 e. The fourth-order valence-corrected chi connectivity index (χ4v) is 4.17. The molecule has 1 N–H and O–H groups in total. The number of aromatic nitrogens is 2. The first-order valence-corrected chi connectivity index (χ1v) is 11.1. The molecule has 3 aromatic rings. The Hall–Kier alpha value is -3.59. The Balaban J connectivity index is 1.78. The van der Waals surface area contributed by atoms with Crippen molar-refractivity contribution >= 4 is 16.8 Å². The number of fused-ring (bicyclic) bond motifs is 1. The summed E-state index contributed by atoms with van der Waals surface area (Å²) in [6.45, 7) is 1.08. The summed E-state index contributed by atoms with van der Waals surface area (Å²) in [5.74, 6) is 2.06. The first-order valence-electron chi connectivity index (χ1n) is 11.1. The first kappa shape index (κ1) is 23.6. The van der Waals surface area contributed by atoms with E-state index in [1.54, 1.807) is 34.6 Å². The number of nitrogens with one attached hydrogen (secondary N) is 1. The van der Waals surface area contributed by atoms with Gasteiger partial charge in [-0.05, 0) is 30.3 Å². The van der Waals surface area contributed by atoms with Crippen molar-refractivity contribution in [1.29, 1.82) is 0 Å². The molecule has 34 heavy (non-hydrogen) atoms. The molecule has 2 atom stereocenters. The molecular weight excluding hydrogens is 438 g/mol. The second-order valence-electron chi connectivity index (χ2n) is 8.00. The van der Waals surface area contributed by atoms with E-state index in [0.29, 0.717) is 54.8 Å². The SMILES string of the molecule is COCC[C@@H](Oc1nc(-c2cc(OC)c(OC)c(OC)c2)cc2ncccc12)[C@H]1CNC(=O)C1. The van der Waals surface area contributed by atoms with Gasteiger partial charge in [-0.2, -0.15) is 0 Å². The van der Waals surface area contributed by atoms with Gasteiger partial charge in [-0.1, -0.05) is 0 Å². The average molecular weight is 468 g/mol. The van der Waals surface area contributed by atoms with Gasteiger partial charge in [-0.25, -0.2) is 4.98 Å². The standard InChI is InChI=1S/C25H29N3O6/c1-30-9-7-20(16-12-23(29)27-14-16)34-25-17-6-5-8-26-19(17)13-18(28-25)15-10-21(31-2)24(33-4)22(11-15)32-3/h5-6,8,10-11,13,16,20H,7,9,12,14H2,1-4H3,(H,27,29)/t16-,20-/m1/s1. The van der Waals surface area contributed by atoms with Crippen molar-refractivity contribution in [2.75, 3.05) is 41.6 Å². The van der Waals surface area contributed by atoms with E-state index in [4.69, 9.17) is 28.7 Å². The minimum absolute atomic E-state index is 0.0287. The number of methoxy groups -OCH3 is 4. The molecule has 1 aromatic carbocycles. The summed E-state index contributed by atoms with van der Waals surface area (Å²) in [6.07, 6.45) is 2.53. The highest BCUT2D eigenvalue weighted by Gasteiger charge is 2.31. The number of benzene rings is 1. The van der Waals surface area contributed by atoms with Crippen molar-refractivity contribution in [2.45, 2.75) is 18.9 Å². The van der Waals surface area contributed by atoms with E-state index in [1.165, 1.54) is 0 Å². The van der Waals surface area contributed by atoms with Gasteiger partial charge in [0.2, 0.25) is 17.5 Å². The molecule has 0 spiro atoms. The van der Waals surface area contributed by atoms with Gasteiger partial charge >= 0.3 is 0 Å².